The first-order valence-corrected chi connectivity index (χ1v) is 8.12. The Bertz CT molecular complexity index is 633. The van der Waals surface area contributed by atoms with Gasteiger partial charge >= 0.3 is 5.51 Å². The standard InChI is InChI=1S/C12H12F3NO3S2/c13-12(14,15)20-9-7-16-21(18,19)11-6-2-1-4-10(11)5-3-8-17/h1-2,4,6,16-17H,7-9H2. The summed E-state index contributed by atoms with van der Waals surface area (Å²) in [4.78, 5) is -0.136. The summed E-state index contributed by atoms with van der Waals surface area (Å²) >= 11 is -0.300. The van der Waals surface area contributed by atoms with Gasteiger partial charge in [-0.1, -0.05) is 24.0 Å². The van der Waals surface area contributed by atoms with Gasteiger partial charge in [0.2, 0.25) is 10.0 Å². The predicted molar refractivity (Wildman–Crippen MR) is 74.1 cm³/mol. The van der Waals surface area contributed by atoms with Crippen molar-refractivity contribution in [1.29, 1.82) is 0 Å². The number of aliphatic hydroxyl groups excluding tert-OH is 1. The van der Waals surface area contributed by atoms with Crippen LogP contribution in [0.15, 0.2) is 29.2 Å². The molecule has 0 heterocycles. The highest BCUT2D eigenvalue weighted by Gasteiger charge is 2.28. The van der Waals surface area contributed by atoms with Crippen LogP contribution in [0, 0.1) is 11.8 Å². The Morgan fingerprint density at radius 2 is 1.95 bits per heavy atom. The van der Waals surface area contributed by atoms with Crippen LogP contribution in [0.5, 0.6) is 0 Å². The minimum absolute atomic E-state index is 0.136. The lowest BCUT2D eigenvalue weighted by molar-refractivity contribution is -0.0327. The van der Waals surface area contributed by atoms with Crippen molar-refractivity contribution in [3.05, 3.63) is 29.8 Å². The highest BCUT2D eigenvalue weighted by Crippen LogP contribution is 2.29. The summed E-state index contributed by atoms with van der Waals surface area (Å²) in [6.45, 7) is -0.779. The Labute approximate surface area is 124 Å². The lowest BCUT2D eigenvalue weighted by Crippen LogP contribution is -2.27. The normalized spacial score (nSPS) is 11.8. The smallest absolute Gasteiger partial charge is 0.384 e. The number of benzene rings is 1. The number of sulfonamides is 1. The number of rotatable bonds is 5. The van der Waals surface area contributed by atoms with E-state index in [9.17, 15) is 21.6 Å². The fourth-order valence-electron chi connectivity index (χ4n) is 1.36. The van der Waals surface area contributed by atoms with Crippen molar-refractivity contribution in [2.45, 2.75) is 10.4 Å². The van der Waals surface area contributed by atoms with Crippen LogP contribution in [0.25, 0.3) is 0 Å². The third-order valence-corrected chi connectivity index (χ3v) is 4.39. The van der Waals surface area contributed by atoms with Crippen molar-refractivity contribution >= 4 is 21.8 Å². The Morgan fingerprint density at radius 1 is 1.29 bits per heavy atom. The summed E-state index contributed by atoms with van der Waals surface area (Å²) in [6, 6.07) is 5.78. The number of aliphatic hydroxyl groups is 1. The van der Waals surface area contributed by atoms with E-state index in [0.717, 1.165) is 0 Å². The van der Waals surface area contributed by atoms with Gasteiger partial charge in [-0.15, -0.1) is 0 Å². The van der Waals surface area contributed by atoms with Gasteiger partial charge in [0, 0.05) is 17.9 Å². The molecule has 0 radical (unpaired) electrons. The van der Waals surface area contributed by atoms with E-state index >= 15 is 0 Å². The molecular formula is C12H12F3NO3S2. The van der Waals surface area contributed by atoms with Gasteiger partial charge in [0.1, 0.15) is 6.61 Å². The molecule has 1 rings (SSSR count). The number of thioether (sulfide) groups is 1. The van der Waals surface area contributed by atoms with Crippen LogP contribution in [0.4, 0.5) is 13.2 Å². The minimum atomic E-state index is -4.39. The first kappa shape index (κ1) is 17.8. The molecule has 0 fully saturated rings. The third-order valence-electron chi connectivity index (χ3n) is 2.14. The molecule has 1 aromatic rings. The van der Waals surface area contributed by atoms with Crippen LogP contribution in [-0.4, -0.2) is 37.9 Å². The maximum atomic E-state index is 12.0. The Morgan fingerprint density at radius 3 is 2.57 bits per heavy atom. The second-order valence-corrected chi connectivity index (χ2v) is 6.54. The summed E-state index contributed by atoms with van der Waals surface area (Å²) in [5.74, 6) is 4.38. The molecule has 0 aliphatic rings. The minimum Gasteiger partial charge on any atom is -0.384 e. The highest BCUT2D eigenvalue weighted by molar-refractivity contribution is 8.00. The lowest BCUT2D eigenvalue weighted by Gasteiger charge is -2.09. The Kier molecular flexibility index (Phi) is 6.54. The number of nitrogens with one attached hydrogen (secondary N) is 1. The Balaban J connectivity index is 2.79. The van der Waals surface area contributed by atoms with Gasteiger partial charge in [0.25, 0.3) is 0 Å². The maximum absolute atomic E-state index is 12.0. The molecule has 0 saturated carbocycles. The van der Waals surface area contributed by atoms with E-state index in [-0.39, 0.29) is 28.8 Å². The SMILES string of the molecule is O=S(=O)(NCCSC(F)(F)F)c1ccccc1C#CCO. The van der Waals surface area contributed by atoms with Gasteiger partial charge in [0.15, 0.2) is 0 Å². The highest BCUT2D eigenvalue weighted by atomic mass is 32.2. The summed E-state index contributed by atoms with van der Waals surface area (Å²) in [5, 5.41) is 8.62. The van der Waals surface area contributed by atoms with Crippen molar-refractivity contribution in [1.82, 2.24) is 4.72 Å². The molecule has 21 heavy (non-hydrogen) atoms. The summed E-state index contributed by atoms with van der Waals surface area (Å²) in [5.41, 5.74) is -4.22. The Hall–Kier alpha value is -1.21. The number of hydrogen-bond acceptors (Lipinski definition) is 4. The van der Waals surface area contributed by atoms with Gasteiger partial charge in [0.05, 0.1) is 4.90 Å². The molecule has 0 spiro atoms. The van der Waals surface area contributed by atoms with E-state index in [1.807, 2.05) is 0 Å². The van der Waals surface area contributed by atoms with Crippen LogP contribution in [0.3, 0.4) is 0 Å². The summed E-state index contributed by atoms with van der Waals surface area (Å²) in [6.07, 6.45) is 0. The number of hydrogen-bond donors (Lipinski definition) is 2. The summed E-state index contributed by atoms with van der Waals surface area (Å²) in [7, 11) is -3.95. The fraction of sp³-hybridized carbons (Fsp3) is 0.333. The van der Waals surface area contributed by atoms with E-state index in [1.54, 1.807) is 6.07 Å². The molecule has 9 heteroatoms. The third kappa shape index (κ3) is 6.39. The molecule has 1 aromatic carbocycles. The van der Waals surface area contributed by atoms with Crippen molar-refractivity contribution in [2.24, 2.45) is 0 Å². The van der Waals surface area contributed by atoms with E-state index in [4.69, 9.17) is 5.11 Å². The monoisotopic (exact) mass is 339 g/mol. The maximum Gasteiger partial charge on any atom is 0.441 e. The zero-order valence-electron chi connectivity index (χ0n) is 10.6. The molecule has 0 bridgehead atoms. The second-order valence-electron chi connectivity index (χ2n) is 3.65. The molecule has 0 aromatic heterocycles. The average Bonchev–Trinajstić information content (AvgIpc) is 2.41. The zero-order valence-corrected chi connectivity index (χ0v) is 12.3. The van der Waals surface area contributed by atoms with Crippen molar-refractivity contribution in [2.75, 3.05) is 18.9 Å². The van der Waals surface area contributed by atoms with Gasteiger partial charge in [-0.25, -0.2) is 13.1 Å². The average molecular weight is 339 g/mol. The summed E-state index contributed by atoms with van der Waals surface area (Å²) < 4.78 is 61.9. The van der Waals surface area contributed by atoms with Crippen LogP contribution in [0.1, 0.15) is 5.56 Å². The van der Waals surface area contributed by atoms with Crippen LogP contribution >= 0.6 is 11.8 Å². The molecule has 4 nitrogen and oxygen atoms in total. The van der Waals surface area contributed by atoms with Gasteiger partial charge in [-0.2, -0.15) is 13.2 Å². The second kappa shape index (κ2) is 7.70. The quantitative estimate of drug-likeness (QED) is 0.631. The van der Waals surface area contributed by atoms with Gasteiger partial charge < -0.3 is 5.11 Å². The molecule has 0 aliphatic heterocycles. The largest absolute Gasteiger partial charge is 0.441 e. The molecule has 0 unspecified atom stereocenters. The van der Waals surface area contributed by atoms with E-state index in [1.165, 1.54) is 18.2 Å². The first-order valence-electron chi connectivity index (χ1n) is 5.65. The number of alkyl halides is 3. The zero-order chi connectivity index (χ0) is 15.9. The van der Waals surface area contributed by atoms with Crippen molar-refractivity contribution in [3.8, 4) is 11.8 Å². The number of halogens is 3. The van der Waals surface area contributed by atoms with Crippen molar-refractivity contribution in [3.63, 3.8) is 0 Å². The van der Waals surface area contributed by atoms with E-state index in [2.05, 4.69) is 16.6 Å². The van der Waals surface area contributed by atoms with Crippen LogP contribution in [-0.2, 0) is 10.0 Å². The molecule has 0 amide bonds. The fourth-order valence-corrected chi connectivity index (χ4v) is 3.12. The molecule has 2 N–H and O–H groups in total. The van der Waals surface area contributed by atoms with Gasteiger partial charge in [-0.05, 0) is 23.9 Å². The van der Waals surface area contributed by atoms with E-state index in [0.29, 0.717) is 0 Å². The van der Waals surface area contributed by atoms with Gasteiger partial charge in [-0.3, -0.25) is 0 Å². The molecular weight excluding hydrogens is 327 g/mol. The first-order chi connectivity index (χ1) is 9.76. The molecule has 0 saturated heterocycles. The molecule has 0 atom stereocenters. The lowest BCUT2D eigenvalue weighted by atomic mass is 10.2. The van der Waals surface area contributed by atoms with Crippen LogP contribution in [0.2, 0.25) is 0 Å². The predicted octanol–water partition coefficient (Wildman–Crippen LogP) is 1.56. The molecule has 0 aliphatic carbocycles. The molecule has 116 valence electrons. The van der Waals surface area contributed by atoms with Crippen LogP contribution < -0.4 is 4.72 Å². The topological polar surface area (TPSA) is 66.4 Å². The van der Waals surface area contributed by atoms with Crippen molar-refractivity contribution < 1.29 is 26.7 Å². The van der Waals surface area contributed by atoms with E-state index < -0.39 is 27.9 Å².